The predicted octanol–water partition coefficient (Wildman–Crippen LogP) is 2.00. The number of nitrogens with one attached hydrogen (secondary N) is 1. The average molecular weight is 475 g/mol. The molecule has 0 fully saturated rings. The molecule has 1 N–H and O–H groups in total. The number of hydrogen-bond donors (Lipinski definition) is 1. The number of carbonyl (C=O) groups excluding carboxylic acids is 2. The Labute approximate surface area is 183 Å². The van der Waals surface area contributed by atoms with Crippen molar-refractivity contribution >= 4 is 55.8 Å². The quantitative estimate of drug-likeness (QED) is 0.312. The third kappa shape index (κ3) is 7.46. The number of anilines is 2. The third-order valence-electron chi connectivity index (χ3n) is 3.38. The monoisotopic (exact) mass is 474 g/mol. The Hall–Kier alpha value is -2.38. The van der Waals surface area contributed by atoms with Crippen molar-refractivity contribution in [3.05, 3.63) is 24.3 Å². The molecule has 1 heterocycles. The Balaban J connectivity index is 2.04. The summed E-state index contributed by atoms with van der Waals surface area (Å²) in [6.07, 6.45) is 1.00. The number of sulfonamides is 1. The van der Waals surface area contributed by atoms with Gasteiger partial charge in [0.2, 0.25) is 21.1 Å². The highest BCUT2D eigenvalue weighted by molar-refractivity contribution is 8.01. The highest BCUT2D eigenvalue weighted by Crippen LogP contribution is 2.26. The minimum Gasteiger partial charge on any atom is -0.491 e. The zero-order chi connectivity index (χ0) is 22.3. The number of amides is 1. The molecule has 1 aromatic heterocycles. The number of nitrogens with zero attached hydrogens (tertiary/aromatic N) is 3. The van der Waals surface area contributed by atoms with E-state index in [0.717, 1.165) is 33.7 Å². The molecule has 30 heavy (non-hydrogen) atoms. The number of benzene rings is 1. The van der Waals surface area contributed by atoms with Crippen LogP contribution in [0.2, 0.25) is 0 Å². The smallest absolute Gasteiger partial charge is 0.316 e. The number of esters is 1. The molecule has 10 nitrogen and oxygen atoms in total. The molecule has 1 aromatic carbocycles. The van der Waals surface area contributed by atoms with Crippen LogP contribution >= 0.6 is 23.1 Å². The van der Waals surface area contributed by atoms with Crippen molar-refractivity contribution in [3.63, 3.8) is 0 Å². The van der Waals surface area contributed by atoms with E-state index < -0.39 is 28.4 Å². The van der Waals surface area contributed by atoms with Crippen LogP contribution in [0.3, 0.4) is 0 Å². The SMILES string of the molecule is COC(=O)CSc1nnc(NC(=O)CN(c2ccc(OC(C)C)cc2)S(C)(=O)=O)s1. The molecule has 0 aliphatic heterocycles. The van der Waals surface area contributed by atoms with Gasteiger partial charge in [-0.1, -0.05) is 23.1 Å². The Morgan fingerprint density at radius 3 is 2.47 bits per heavy atom. The van der Waals surface area contributed by atoms with Gasteiger partial charge in [-0.3, -0.25) is 19.2 Å². The van der Waals surface area contributed by atoms with E-state index in [1.165, 1.54) is 7.11 Å². The van der Waals surface area contributed by atoms with Gasteiger partial charge in [-0.25, -0.2) is 8.42 Å². The zero-order valence-electron chi connectivity index (χ0n) is 16.8. The van der Waals surface area contributed by atoms with Crippen LogP contribution in [0.25, 0.3) is 0 Å². The van der Waals surface area contributed by atoms with Crippen LogP contribution in [0.4, 0.5) is 10.8 Å². The topological polar surface area (TPSA) is 128 Å². The first-order chi connectivity index (χ1) is 14.1. The third-order valence-corrected chi connectivity index (χ3v) is 6.46. The maximum Gasteiger partial charge on any atom is 0.316 e. The van der Waals surface area contributed by atoms with Gasteiger partial charge in [-0.15, -0.1) is 10.2 Å². The first-order valence-corrected chi connectivity index (χ1v) is 12.3. The van der Waals surface area contributed by atoms with Crippen molar-refractivity contribution in [3.8, 4) is 5.75 Å². The molecule has 2 rings (SSSR count). The molecule has 0 atom stereocenters. The van der Waals surface area contributed by atoms with Gasteiger partial charge in [0.15, 0.2) is 4.34 Å². The fraction of sp³-hybridized carbons (Fsp3) is 0.412. The molecule has 0 unspecified atom stereocenters. The van der Waals surface area contributed by atoms with Gasteiger partial charge < -0.3 is 9.47 Å². The molecular formula is C17H22N4O6S3. The van der Waals surface area contributed by atoms with Crippen molar-refractivity contribution < 1.29 is 27.5 Å². The van der Waals surface area contributed by atoms with Gasteiger partial charge in [0, 0.05) is 0 Å². The van der Waals surface area contributed by atoms with Gasteiger partial charge in [0.25, 0.3) is 0 Å². The lowest BCUT2D eigenvalue weighted by Gasteiger charge is -2.22. The van der Waals surface area contributed by atoms with Gasteiger partial charge in [-0.2, -0.15) is 0 Å². The molecular weight excluding hydrogens is 452 g/mol. The molecule has 0 aliphatic rings. The fourth-order valence-corrected chi connectivity index (χ4v) is 4.61. The molecule has 0 saturated heterocycles. The van der Waals surface area contributed by atoms with E-state index in [-0.39, 0.29) is 17.0 Å². The fourth-order valence-electron chi connectivity index (χ4n) is 2.15. The van der Waals surface area contributed by atoms with Crippen LogP contribution in [-0.4, -0.2) is 62.3 Å². The molecule has 0 aliphatic carbocycles. The number of hydrogen-bond acceptors (Lipinski definition) is 10. The van der Waals surface area contributed by atoms with Crippen LogP contribution in [0.1, 0.15) is 13.8 Å². The van der Waals surface area contributed by atoms with Gasteiger partial charge >= 0.3 is 5.97 Å². The summed E-state index contributed by atoms with van der Waals surface area (Å²) in [6.45, 7) is 3.33. The second-order valence-corrected chi connectivity index (χ2v) is 10.3. The first kappa shape index (κ1) is 23.9. The summed E-state index contributed by atoms with van der Waals surface area (Å²) < 4.78 is 36.0. The van der Waals surface area contributed by atoms with Gasteiger partial charge in [-0.05, 0) is 38.1 Å². The lowest BCUT2D eigenvalue weighted by Crippen LogP contribution is -2.37. The number of methoxy groups -OCH3 is 1. The maximum absolute atomic E-state index is 12.4. The average Bonchev–Trinajstić information content (AvgIpc) is 3.11. The standard InChI is InChI=1S/C17H22N4O6S3/c1-11(2)27-13-7-5-12(6-8-13)21(30(4,24)25)9-14(22)18-16-19-20-17(29-16)28-10-15(23)26-3/h5-8,11H,9-10H2,1-4H3,(H,18,19,22). The molecule has 0 saturated carbocycles. The normalized spacial score (nSPS) is 11.2. The van der Waals surface area contributed by atoms with Crippen LogP contribution in [0, 0.1) is 0 Å². The Bertz CT molecular complexity index is 976. The van der Waals surface area contributed by atoms with E-state index >= 15 is 0 Å². The van der Waals surface area contributed by atoms with Crippen LogP contribution in [0.5, 0.6) is 5.75 Å². The first-order valence-electron chi connectivity index (χ1n) is 8.66. The number of rotatable bonds is 10. The summed E-state index contributed by atoms with van der Waals surface area (Å²) in [5.41, 5.74) is 0.329. The summed E-state index contributed by atoms with van der Waals surface area (Å²) >= 11 is 2.19. The number of carbonyl (C=O) groups is 2. The lowest BCUT2D eigenvalue weighted by atomic mass is 10.3. The van der Waals surface area contributed by atoms with E-state index in [1.807, 2.05) is 13.8 Å². The van der Waals surface area contributed by atoms with Crippen LogP contribution in [0.15, 0.2) is 28.6 Å². The summed E-state index contributed by atoms with van der Waals surface area (Å²) in [4.78, 5) is 23.6. The molecule has 13 heteroatoms. The molecule has 0 radical (unpaired) electrons. The van der Waals surface area contributed by atoms with Gasteiger partial charge in [0.1, 0.15) is 12.3 Å². The molecule has 0 bridgehead atoms. The Kier molecular flexibility index (Phi) is 8.43. The Morgan fingerprint density at radius 2 is 1.90 bits per heavy atom. The number of thioether (sulfide) groups is 1. The highest BCUT2D eigenvalue weighted by atomic mass is 32.2. The van der Waals surface area contributed by atoms with Crippen molar-refractivity contribution in [1.82, 2.24) is 10.2 Å². The molecule has 2 aromatic rings. The van der Waals surface area contributed by atoms with E-state index in [2.05, 4.69) is 20.3 Å². The molecule has 164 valence electrons. The summed E-state index contributed by atoms with van der Waals surface area (Å²) in [7, 11) is -2.43. The summed E-state index contributed by atoms with van der Waals surface area (Å²) in [5.74, 6) is -0.326. The zero-order valence-corrected chi connectivity index (χ0v) is 19.3. The van der Waals surface area contributed by atoms with E-state index in [4.69, 9.17) is 4.74 Å². The largest absolute Gasteiger partial charge is 0.491 e. The number of ether oxygens (including phenoxy) is 2. The second-order valence-electron chi connectivity index (χ2n) is 6.22. The van der Waals surface area contributed by atoms with Crippen LogP contribution in [-0.2, 0) is 24.3 Å². The van der Waals surface area contributed by atoms with E-state index in [0.29, 0.717) is 15.8 Å². The second kappa shape index (κ2) is 10.6. The number of aromatic nitrogens is 2. The summed E-state index contributed by atoms with van der Waals surface area (Å²) in [5, 5.41) is 10.4. The molecule has 0 spiro atoms. The minimum atomic E-state index is -3.71. The van der Waals surface area contributed by atoms with Crippen LogP contribution < -0.4 is 14.4 Å². The van der Waals surface area contributed by atoms with E-state index in [9.17, 15) is 18.0 Å². The van der Waals surface area contributed by atoms with Crippen molar-refractivity contribution in [2.75, 3.05) is 35.3 Å². The predicted molar refractivity (Wildman–Crippen MR) is 116 cm³/mol. The van der Waals surface area contributed by atoms with Gasteiger partial charge in [0.05, 0.1) is 30.9 Å². The molecule has 1 amide bonds. The lowest BCUT2D eigenvalue weighted by molar-refractivity contribution is -0.137. The van der Waals surface area contributed by atoms with Crippen molar-refractivity contribution in [2.24, 2.45) is 0 Å². The maximum atomic E-state index is 12.4. The van der Waals surface area contributed by atoms with E-state index in [1.54, 1.807) is 24.3 Å². The summed E-state index contributed by atoms with van der Waals surface area (Å²) in [6, 6.07) is 6.42. The minimum absolute atomic E-state index is 0.0183. The van der Waals surface area contributed by atoms with Crippen molar-refractivity contribution in [2.45, 2.75) is 24.3 Å². The highest BCUT2D eigenvalue weighted by Gasteiger charge is 2.22. The van der Waals surface area contributed by atoms with Crippen molar-refractivity contribution in [1.29, 1.82) is 0 Å². The Morgan fingerprint density at radius 1 is 1.23 bits per heavy atom.